The molecule has 0 bridgehead atoms. The van der Waals surface area contributed by atoms with Crippen molar-refractivity contribution in [2.75, 3.05) is 6.54 Å². The van der Waals surface area contributed by atoms with Crippen molar-refractivity contribution in [3.63, 3.8) is 0 Å². The lowest BCUT2D eigenvalue weighted by molar-refractivity contribution is -0.384. The zero-order valence-electron chi connectivity index (χ0n) is 11.4. The van der Waals surface area contributed by atoms with Crippen LogP contribution in [-0.2, 0) is 0 Å². The Hall–Kier alpha value is -1.66. The third-order valence-electron chi connectivity index (χ3n) is 3.80. The zero-order valence-corrected chi connectivity index (χ0v) is 12.2. The van der Waals surface area contributed by atoms with Gasteiger partial charge in [-0.3, -0.25) is 14.9 Å². The Kier molecular flexibility index (Phi) is 5.14. The van der Waals surface area contributed by atoms with Gasteiger partial charge in [-0.05, 0) is 18.9 Å². The highest BCUT2D eigenvalue weighted by Crippen LogP contribution is 2.25. The van der Waals surface area contributed by atoms with Gasteiger partial charge in [-0.25, -0.2) is 0 Å². The van der Waals surface area contributed by atoms with Crippen LogP contribution in [0.2, 0.25) is 5.02 Å². The maximum atomic E-state index is 12.0. The minimum absolute atomic E-state index is 0.0471. The first-order valence-electron chi connectivity index (χ1n) is 6.89. The van der Waals surface area contributed by atoms with Crippen LogP contribution in [0.3, 0.4) is 0 Å². The number of rotatable bonds is 4. The van der Waals surface area contributed by atoms with E-state index >= 15 is 0 Å². The number of carbonyl (C=O) groups is 1. The molecule has 0 saturated heterocycles. The third-order valence-corrected chi connectivity index (χ3v) is 4.11. The predicted octanol–water partition coefficient (Wildman–Crippen LogP) is 2.53. The number of nitro groups is 1. The molecule has 114 valence electrons. The minimum atomic E-state index is -0.564. The molecule has 1 aromatic rings. The van der Waals surface area contributed by atoms with Gasteiger partial charge in [0.05, 0.1) is 21.6 Å². The van der Waals surface area contributed by atoms with Crippen molar-refractivity contribution in [1.29, 1.82) is 0 Å². The molecule has 1 aromatic carbocycles. The largest absolute Gasteiger partial charge is 0.393 e. The van der Waals surface area contributed by atoms with Crippen LogP contribution in [0.15, 0.2) is 18.2 Å². The lowest BCUT2D eigenvalue weighted by Crippen LogP contribution is -2.36. The van der Waals surface area contributed by atoms with Gasteiger partial charge in [-0.15, -0.1) is 0 Å². The number of nitrogens with one attached hydrogen (secondary N) is 1. The molecule has 6 nitrogen and oxygen atoms in total. The van der Waals surface area contributed by atoms with Gasteiger partial charge < -0.3 is 10.4 Å². The number of nitro benzene ring substituents is 1. The molecule has 2 atom stereocenters. The SMILES string of the molecule is O=C(NCC1CCCCC1O)c1ccc([N+](=O)[O-])cc1Cl. The predicted molar refractivity (Wildman–Crippen MR) is 78.4 cm³/mol. The number of aliphatic hydroxyl groups excluding tert-OH is 1. The van der Waals surface area contributed by atoms with Crippen LogP contribution in [0.1, 0.15) is 36.0 Å². The van der Waals surface area contributed by atoms with Crippen molar-refractivity contribution < 1.29 is 14.8 Å². The molecule has 0 radical (unpaired) electrons. The van der Waals surface area contributed by atoms with Gasteiger partial charge in [0.2, 0.25) is 0 Å². The number of hydrogen-bond acceptors (Lipinski definition) is 4. The van der Waals surface area contributed by atoms with Crippen LogP contribution < -0.4 is 5.32 Å². The van der Waals surface area contributed by atoms with Crippen LogP contribution in [0, 0.1) is 16.0 Å². The van der Waals surface area contributed by atoms with E-state index in [0.29, 0.717) is 6.54 Å². The first kappa shape index (κ1) is 15.7. The monoisotopic (exact) mass is 312 g/mol. The number of nitrogens with zero attached hydrogens (tertiary/aromatic N) is 1. The van der Waals surface area contributed by atoms with E-state index in [2.05, 4.69) is 5.32 Å². The van der Waals surface area contributed by atoms with Crippen molar-refractivity contribution in [3.8, 4) is 0 Å². The first-order valence-corrected chi connectivity index (χ1v) is 7.27. The molecule has 21 heavy (non-hydrogen) atoms. The van der Waals surface area contributed by atoms with E-state index in [9.17, 15) is 20.0 Å². The summed E-state index contributed by atoms with van der Waals surface area (Å²) in [5.74, 6) is -0.327. The normalized spacial score (nSPS) is 21.8. The summed E-state index contributed by atoms with van der Waals surface area (Å²) in [6.45, 7) is 0.382. The number of hydrogen-bond donors (Lipinski definition) is 2. The summed E-state index contributed by atoms with van der Waals surface area (Å²) in [7, 11) is 0. The molecule has 1 amide bonds. The Labute approximate surface area is 127 Å². The summed E-state index contributed by atoms with van der Waals surface area (Å²) in [6.07, 6.45) is 3.33. The second-order valence-corrected chi connectivity index (χ2v) is 5.65. The molecule has 1 fully saturated rings. The number of amides is 1. The standard InChI is InChI=1S/C14H17ClN2O4/c15-12-7-10(17(20)21)5-6-11(12)14(19)16-8-9-3-1-2-4-13(9)18/h5-7,9,13,18H,1-4,8H2,(H,16,19). The van der Waals surface area contributed by atoms with E-state index in [-0.39, 0.29) is 34.2 Å². The van der Waals surface area contributed by atoms with Crippen LogP contribution >= 0.6 is 11.6 Å². The Balaban J connectivity index is 1.98. The van der Waals surface area contributed by atoms with E-state index < -0.39 is 4.92 Å². The lowest BCUT2D eigenvalue weighted by atomic mass is 9.86. The maximum Gasteiger partial charge on any atom is 0.270 e. The smallest absolute Gasteiger partial charge is 0.270 e. The Morgan fingerprint density at radius 2 is 2.14 bits per heavy atom. The fourth-order valence-corrected chi connectivity index (χ4v) is 2.81. The number of carbonyl (C=O) groups excluding carboxylic acids is 1. The molecule has 2 N–H and O–H groups in total. The van der Waals surface area contributed by atoms with Gasteiger partial charge in [0.15, 0.2) is 0 Å². The van der Waals surface area contributed by atoms with Gasteiger partial charge >= 0.3 is 0 Å². The molecule has 2 unspecified atom stereocenters. The Morgan fingerprint density at radius 3 is 2.76 bits per heavy atom. The quantitative estimate of drug-likeness (QED) is 0.660. The summed E-state index contributed by atoms with van der Waals surface area (Å²) in [6, 6.07) is 3.75. The van der Waals surface area contributed by atoms with Crippen LogP contribution in [0.25, 0.3) is 0 Å². The summed E-state index contributed by atoms with van der Waals surface area (Å²) < 4.78 is 0. The van der Waals surface area contributed by atoms with E-state index in [1.165, 1.54) is 12.1 Å². The minimum Gasteiger partial charge on any atom is -0.393 e. The first-order chi connectivity index (χ1) is 9.99. The fraction of sp³-hybridized carbons (Fsp3) is 0.500. The van der Waals surface area contributed by atoms with Crippen molar-refractivity contribution in [1.82, 2.24) is 5.32 Å². The molecule has 1 aliphatic rings. The molecule has 1 aliphatic carbocycles. The summed E-state index contributed by atoms with van der Waals surface area (Å²) in [5.41, 5.74) is 0.0480. The van der Waals surface area contributed by atoms with Crippen molar-refractivity contribution in [3.05, 3.63) is 38.9 Å². The average Bonchev–Trinajstić information content (AvgIpc) is 2.46. The topological polar surface area (TPSA) is 92.5 Å². The number of non-ortho nitro benzene ring substituents is 1. The second-order valence-electron chi connectivity index (χ2n) is 5.24. The van der Waals surface area contributed by atoms with Crippen LogP contribution in [0.4, 0.5) is 5.69 Å². The average molecular weight is 313 g/mol. The molecule has 0 heterocycles. The molecule has 7 heteroatoms. The van der Waals surface area contributed by atoms with Gasteiger partial charge in [0.1, 0.15) is 0 Å². The maximum absolute atomic E-state index is 12.0. The van der Waals surface area contributed by atoms with Crippen molar-refractivity contribution >= 4 is 23.2 Å². The Morgan fingerprint density at radius 1 is 1.43 bits per heavy atom. The highest BCUT2D eigenvalue weighted by atomic mass is 35.5. The van der Waals surface area contributed by atoms with Gasteiger partial charge in [-0.1, -0.05) is 24.4 Å². The van der Waals surface area contributed by atoms with Crippen molar-refractivity contribution in [2.45, 2.75) is 31.8 Å². The van der Waals surface area contributed by atoms with Crippen LogP contribution in [0.5, 0.6) is 0 Å². The second kappa shape index (κ2) is 6.87. The fourth-order valence-electron chi connectivity index (χ4n) is 2.55. The number of halogens is 1. The molecule has 0 aromatic heterocycles. The third kappa shape index (κ3) is 3.92. The molecular formula is C14H17ClN2O4. The van der Waals surface area contributed by atoms with Gasteiger partial charge in [0, 0.05) is 24.6 Å². The molecular weight excluding hydrogens is 296 g/mol. The number of aliphatic hydroxyl groups is 1. The number of benzene rings is 1. The van der Waals surface area contributed by atoms with E-state index in [4.69, 9.17) is 11.6 Å². The van der Waals surface area contributed by atoms with Gasteiger partial charge in [0.25, 0.3) is 11.6 Å². The Bertz CT molecular complexity index is 550. The highest BCUT2D eigenvalue weighted by molar-refractivity contribution is 6.34. The summed E-state index contributed by atoms with van der Waals surface area (Å²) >= 11 is 5.90. The van der Waals surface area contributed by atoms with E-state index in [1.54, 1.807) is 0 Å². The van der Waals surface area contributed by atoms with Gasteiger partial charge in [-0.2, -0.15) is 0 Å². The van der Waals surface area contributed by atoms with Crippen molar-refractivity contribution in [2.24, 2.45) is 5.92 Å². The lowest BCUT2D eigenvalue weighted by Gasteiger charge is -2.27. The zero-order chi connectivity index (χ0) is 15.4. The van der Waals surface area contributed by atoms with E-state index in [1.807, 2.05) is 0 Å². The highest BCUT2D eigenvalue weighted by Gasteiger charge is 2.24. The molecule has 0 aliphatic heterocycles. The van der Waals surface area contributed by atoms with Crippen LogP contribution in [-0.4, -0.2) is 28.6 Å². The molecule has 2 rings (SSSR count). The molecule has 1 saturated carbocycles. The van der Waals surface area contributed by atoms with E-state index in [0.717, 1.165) is 31.7 Å². The molecule has 0 spiro atoms. The summed E-state index contributed by atoms with van der Waals surface area (Å²) in [5, 5.41) is 23.3. The summed E-state index contributed by atoms with van der Waals surface area (Å²) in [4.78, 5) is 22.1.